The molecule has 2 N–H and O–H groups in total. The molecule has 1 unspecified atom stereocenters. The fourth-order valence-electron chi connectivity index (χ4n) is 2.24. The first-order chi connectivity index (χ1) is 9.49. The zero-order chi connectivity index (χ0) is 14.7. The molecule has 0 aromatic heterocycles. The number of nitrogens with one attached hydrogen (secondary N) is 1. The van der Waals surface area contributed by atoms with E-state index < -0.39 is 6.10 Å². The van der Waals surface area contributed by atoms with Crippen LogP contribution in [0, 0.1) is 13.8 Å². The summed E-state index contributed by atoms with van der Waals surface area (Å²) in [6, 6.07) is 11.5. The largest absolute Gasteiger partial charge is 0.387 e. The van der Waals surface area contributed by atoms with Crippen molar-refractivity contribution < 1.29 is 5.11 Å². The van der Waals surface area contributed by atoms with Gasteiger partial charge in [-0.1, -0.05) is 45.7 Å². The summed E-state index contributed by atoms with van der Waals surface area (Å²) >= 11 is 9.57. The van der Waals surface area contributed by atoms with E-state index in [1.54, 1.807) is 6.07 Å². The second kappa shape index (κ2) is 6.61. The van der Waals surface area contributed by atoms with E-state index in [1.165, 1.54) is 0 Å². The van der Waals surface area contributed by atoms with Crippen LogP contribution in [0.15, 0.2) is 40.9 Å². The Hall–Kier alpha value is -1.03. The molecule has 2 nitrogen and oxygen atoms in total. The van der Waals surface area contributed by atoms with E-state index in [0.717, 1.165) is 26.9 Å². The van der Waals surface area contributed by atoms with Gasteiger partial charge < -0.3 is 10.4 Å². The first-order valence-corrected chi connectivity index (χ1v) is 7.59. The standard InChI is InChI=1S/C16H17BrClNO/c1-10-7-12(17)8-11(2)16(10)19-9-15(20)13-5-3-4-6-14(13)18/h3-8,15,19-20H,9H2,1-2H3. The van der Waals surface area contributed by atoms with Gasteiger partial charge in [0.2, 0.25) is 0 Å². The highest BCUT2D eigenvalue weighted by Gasteiger charge is 2.12. The first-order valence-electron chi connectivity index (χ1n) is 6.42. The van der Waals surface area contributed by atoms with Gasteiger partial charge in [-0.25, -0.2) is 0 Å². The lowest BCUT2D eigenvalue weighted by atomic mass is 10.1. The molecule has 0 aliphatic heterocycles. The van der Waals surface area contributed by atoms with Crippen molar-refractivity contribution in [1.82, 2.24) is 0 Å². The highest BCUT2D eigenvalue weighted by Crippen LogP contribution is 2.27. The molecular weight excluding hydrogens is 338 g/mol. The van der Waals surface area contributed by atoms with Gasteiger partial charge in [0, 0.05) is 27.3 Å². The molecule has 2 rings (SSSR count). The Labute approximate surface area is 132 Å². The van der Waals surface area contributed by atoms with Crippen LogP contribution in [0.2, 0.25) is 5.02 Å². The molecule has 0 fully saturated rings. The zero-order valence-corrected chi connectivity index (χ0v) is 13.8. The van der Waals surface area contributed by atoms with Gasteiger partial charge in [-0.15, -0.1) is 0 Å². The number of rotatable bonds is 4. The van der Waals surface area contributed by atoms with E-state index in [-0.39, 0.29) is 0 Å². The van der Waals surface area contributed by atoms with Crippen LogP contribution in [0.1, 0.15) is 22.8 Å². The Bertz CT molecular complexity index is 592. The Kier molecular flexibility index (Phi) is 5.08. The average molecular weight is 355 g/mol. The number of aliphatic hydroxyl groups is 1. The molecule has 0 aliphatic rings. The summed E-state index contributed by atoms with van der Waals surface area (Å²) in [7, 11) is 0. The maximum Gasteiger partial charge on any atom is 0.0976 e. The third-order valence-corrected chi connectivity index (χ3v) is 4.04. The second-order valence-corrected chi connectivity index (χ2v) is 6.16. The van der Waals surface area contributed by atoms with Crippen molar-refractivity contribution in [3.05, 3.63) is 62.6 Å². The number of aliphatic hydroxyl groups excluding tert-OH is 1. The maximum atomic E-state index is 10.2. The Morgan fingerprint density at radius 2 is 1.80 bits per heavy atom. The predicted octanol–water partition coefficient (Wildman–Crippen LogP) is 4.86. The lowest BCUT2D eigenvalue weighted by molar-refractivity contribution is 0.191. The molecule has 2 aromatic carbocycles. The minimum Gasteiger partial charge on any atom is -0.387 e. The van der Waals surface area contributed by atoms with Crippen LogP contribution in [0.3, 0.4) is 0 Å². The number of halogens is 2. The van der Waals surface area contributed by atoms with Gasteiger partial charge in [0.05, 0.1) is 6.10 Å². The van der Waals surface area contributed by atoms with Gasteiger partial charge in [0.15, 0.2) is 0 Å². The number of hydrogen-bond donors (Lipinski definition) is 2. The van der Waals surface area contributed by atoms with E-state index in [1.807, 2.05) is 32.0 Å². The van der Waals surface area contributed by atoms with Crippen molar-refractivity contribution in [1.29, 1.82) is 0 Å². The monoisotopic (exact) mass is 353 g/mol. The number of anilines is 1. The summed E-state index contributed by atoms with van der Waals surface area (Å²) in [5.74, 6) is 0. The highest BCUT2D eigenvalue weighted by atomic mass is 79.9. The van der Waals surface area contributed by atoms with Gasteiger partial charge in [-0.2, -0.15) is 0 Å². The molecular formula is C16H17BrClNO. The SMILES string of the molecule is Cc1cc(Br)cc(C)c1NCC(O)c1ccccc1Cl. The molecule has 0 amide bonds. The normalized spacial score (nSPS) is 12.2. The summed E-state index contributed by atoms with van der Waals surface area (Å²) < 4.78 is 1.06. The molecule has 0 heterocycles. The van der Waals surface area contributed by atoms with Crippen LogP contribution >= 0.6 is 27.5 Å². The second-order valence-electron chi connectivity index (χ2n) is 4.83. The quantitative estimate of drug-likeness (QED) is 0.821. The summed E-state index contributed by atoms with van der Waals surface area (Å²) in [5.41, 5.74) is 4.08. The van der Waals surface area contributed by atoms with Crippen LogP contribution in [-0.4, -0.2) is 11.7 Å². The number of hydrogen-bond acceptors (Lipinski definition) is 2. The number of aryl methyl sites for hydroxylation is 2. The first kappa shape index (κ1) is 15.4. The van der Waals surface area contributed by atoms with Crippen LogP contribution in [-0.2, 0) is 0 Å². The van der Waals surface area contributed by atoms with Crippen LogP contribution in [0.25, 0.3) is 0 Å². The Balaban J connectivity index is 2.12. The fraction of sp³-hybridized carbons (Fsp3) is 0.250. The van der Waals surface area contributed by atoms with Crippen molar-refractivity contribution in [2.45, 2.75) is 20.0 Å². The number of benzene rings is 2. The van der Waals surface area contributed by atoms with E-state index in [9.17, 15) is 5.11 Å². The van der Waals surface area contributed by atoms with E-state index in [2.05, 4.69) is 33.4 Å². The van der Waals surface area contributed by atoms with Crippen molar-refractivity contribution in [2.75, 3.05) is 11.9 Å². The average Bonchev–Trinajstić information content (AvgIpc) is 2.37. The van der Waals surface area contributed by atoms with Crippen molar-refractivity contribution in [3.8, 4) is 0 Å². The molecule has 20 heavy (non-hydrogen) atoms. The topological polar surface area (TPSA) is 32.3 Å². The van der Waals surface area contributed by atoms with Gasteiger partial charge in [-0.05, 0) is 43.2 Å². The van der Waals surface area contributed by atoms with Crippen LogP contribution in [0.5, 0.6) is 0 Å². The summed E-state index contributed by atoms with van der Waals surface area (Å²) in [6.07, 6.45) is -0.633. The van der Waals surface area contributed by atoms with Crippen LogP contribution < -0.4 is 5.32 Å². The summed E-state index contributed by atoms with van der Waals surface area (Å²) in [6.45, 7) is 4.51. The van der Waals surface area contributed by atoms with E-state index >= 15 is 0 Å². The minimum atomic E-state index is -0.633. The van der Waals surface area contributed by atoms with E-state index in [4.69, 9.17) is 11.6 Å². The third kappa shape index (κ3) is 3.54. The van der Waals surface area contributed by atoms with Crippen LogP contribution in [0.4, 0.5) is 5.69 Å². The van der Waals surface area contributed by atoms with Gasteiger partial charge in [0.1, 0.15) is 0 Å². The molecule has 2 aromatic rings. The lowest BCUT2D eigenvalue weighted by Crippen LogP contribution is -2.14. The Morgan fingerprint density at radius 3 is 2.40 bits per heavy atom. The smallest absolute Gasteiger partial charge is 0.0976 e. The molecule has 106 valence electrons. The summed E-state index contributed by atoms with van der Waals surface area (Å²) in [5, 5.41) is 14.1. The molecule has 0 saturated carbocycles. The third-order valence-electron chi connectivity index (χ3n) is 3.23. The van der Waals surface area contributed by atoms with Crippen molar-refractivity contribution in [3.63, 3.8) is 0 Å². The predicted molar refractivity (Wildman–Crippen MR) is 88.5 cm³/mol. The zero-order valence-electron chi connectivity index (χ0n) is 11.5. The van der Waals surface area contributed by atoms with Gasteiger partial charge in [-0.3, -0.25) is 0 Å². The molecule has 1 atom stereocenters. The molecule has 0 aliphatic carbocycles. The molecule has 0 radical (unpaired) electrons. The lowest BCUT2D eigenvalue weighted by Gasteiger charge is -2.17. The molecule has 0 bridgehead atoms. The molecule has 0 saturated heterocycles. The van der Waals surface area contributed by atoms with Gasteiger partial charge >= 0.3 is 0 Å². The highest BCUT2D eigenvalue weighted by molar-refractivity contribution is 9.10. The van der Waals surface area contributed by atoms with Crippen molar-refractivity contribution >= 4 is 33.2 Å². The Morgan fingerprint density at radius 1 is 1.20 bits per heavy atom. The van der Waals surface area contributed by atoms with E-state index in [0.29, 0.717) is 11.6 Å². The van der Waals surface area contributed by atoms with Gasteiger partial charge in [0.25, 0.3) is 0 Å². The molecule has 0 spiro atoms. The summed E-state index contributed by atoms with van der Waals surface area (Å²) in [4.78, 5) is 0. The fourth-order valence-corrected chi connectivity index (χ4v) is 3.19. The maximum absolute atomic E-state index is 10.2. The molecule has 4 heteroatoms. The van der Waals surface area contributed by atoms with Crippen molar-refractivity contribution in [2.24, 2.45) is 0 Å². The minimum absolute atomic E-state index is 0.424.